The van der Waals surface area contributed by atoms with Crippen molar-refractivity contribution >= 4 is 22.7 Å². The molecule has 0 N–H and O–H groups in total. The van der Waals surface area contributed by atoms with Gasteiger partial charge in [0.25, 0.3) is 5.92 Å². The molecular formula is C21H24F2O5. The number of alkyl halides is 2. The molecule has 0 aromatic heterocycles. The number of halogens is 2. The van der Waals surface area contributed by atoms with E-state index >= 15 is 0 Å². The normalized spacial score (nSPS) is 11.9. The van der Waals surface area contributed by atoms with Gasteiger partial charge in [-0.05, 0) is 32.4 Å². The molecule has 2 aromatic rings. The molecule has 0 radical (unpaired) electrons. The largest absolute Gasteiger partial charge is 0.481 e. The van der Waals surface area contributed by atoms with Crippen LogP contribution >= 0.6 is 0 Å². The number of carbonyl (C=O) groups is 2. The fourth-order valence-corrected chi connectivity index (χ4v) is 2.24. The van der Waals surface area contributed by atoms with Crippen LogP contribution in [0, 0.1) is 5.41 Å². The topological polar surface area (TPSA) is 61.8 Å². The van der Waals surface area contributed by atoms with Crippen LogP contribution in [0.1, 0.15) is 34.1 Å². The molecule has 2 rings (SSSR count). The standard InChI is InChI=1S/C21H24F2O5/c1-5-20(2,3)19(25)28-17-11-7-8-14-15(17)9-6-10-16(14)26-12-18(24)27-13-21(4,22)23/h6-11H,5,12-13H2,1-4H3. The number of rotatable bonds is 8. The average Bonchev–Trinajstić information content (AvgIpc) is 2.64. The Morgan fingerprint density at radius 2 is 1.54 bits per heavy atom. The molecule has 0 aliphatic rings. The second kappa shape index (κ2) is 8.54. The van der Waals surface area contributed by atoms with Crippen molar-refractivity contribution < 1.29 is 32.6 Å². The van der Waals surface area contributed by atoms with E-state index in [-0.39, 0.29) is 5.97 Å². The van der Waals surface area contributed by atoms with Crippen LogP contribution < -0.4 is 9.47 Å². The highest BCUT2D eigenvalue weighted by molar-refractivity contribution is 5.95. The van der Waals surface area contributed by atoms with Crippen molar-refractivity contribution in [2.45, 2.75) is 40.0 Å². The van der Waals surface area contributed by atoms with Crippen molar-refractivity contribution in [3.63, 3.8) is 0 Å². The predicted molar refractivity (Wildman–Crippen MR) is 101 cm³/mol. The lowest BCUT2D eigenvalue weighted by atomic mass is 9.90. The first-order valence-corrected chi connectivity index (χ1v) is 8.94. The van der Waals surface area contributed by atoms with Gasteiger partial charge in [-0.3, -0.25) is 4.79 Å². The lowest BCUT2D eigenvalue weighted by molar-refractivity contribution is -0.155. The zero-order valence-electron chi connectivity index (χ0n) is 16.4. The van der Waals surface area contributed by atoms with Gasteiger partial charge in [-0.25, -0.2) is 13.6 Å². The number of hydrogen-bond acceptors (Lipinski definition) is 5. The van der Waals surface area contributed by atoms with E-state index in [0.717, 1.165) is 0 Å². The van der Waals surface area contributed by atoms with Crippen LogP contribution in [0.5, 0.6) is 11.5 Å². The van der Waals surface area contributed by atoms with Crippen molar-refractivity contribution in [2.75, 3.05) is 13.2 Å². The number of hydrogen-bond donors (Lipinski definition) is 0. The van der Waals surface area contributed by atoms with Crippen LogP contribution in [0.3, 0.4) is 0 Å². The van der Waals surface area contributed by atoms with Gasteiger partial charge in [-0.15, -0.1) is 0 Å². The third-order valence-corrected chi connectivity index (χ3v) is 4.31. The molecule has 0 saturated heterocycles. The first kappa shape index (κ1) is 21.6. The molecule has 0 unspecified atom stereocenters. The van der Waals surface area contributed by atoms with Crippen molar-refractivity contribution in [2.24, 2.45) is 5.41 Å². The van der Waals surface area contributed by atoms with Gasteiger partial charge in [-0.1, -0.05) is 31.2 Å². The minimum absolute atomic E-state index is 0.349. The lowest BCUT2D eigenvalue weighted by Gasteiger charge is -2.21. The lowest BCUT2D eigenvalue weighted by Crippen LogP contribution is -2.28. The predicted octanol–water partition coefficient (Wildman–Crippen LogP) is 4.76. The number of ether oxygens (including phenoxy) is 3. The Labute approximate surface area is 162 Å². The van der Waals surface area contributed by atoms with Crippen LogP contribution in [0.4, 0.5) is 8.78 Å². The summed E-state index contributed by atoms with van der Waals surface area (Å²) < 4.78 is 41.0. The molecule has 7 heteroatoms. The summed E-state index contributed by atoms with van der Waals surface area (Å²) in [4.78, 5) is 24.0. The van der Waals surface area contributed by atoms with Gasteiger partial charge in [0, 0.05) is 17.7 Å². The molecule has 2 aromatic carbocycles. The highest BCUT2D eigenvalue weighted by Gasteiger charge is 2.28. The second-order valence-electron chi connectivity index (χ2n) is 7.25. The minimum Gasteiger partial charge on any atom is -0.481 e. The van der Waals surface area contributed by atoms with E-state index in [2.05, 4.69) is 4.74 Å². The number of fused-ring (bicyclic) bond motifs is 1. The second-order valence-corrected chi connectivity index (χ2v) is 7.25. The van der Waals surface area contributed by atoms with E-state index in [1.54, 1.807) is 50.2 Å². The third kappa shape index (κ3) is 5.65. The van der Waals surface area contributed by atoms with Crippen LogP contribution in [0.2, 0.25) is 0 Å². The van der Waals surface area contributed by atoms with Crippen LogP contribution in [-0.2, 0) is 14.3 Å². The number of benzene rings is 2. The van der Waals surface area contributed by atoms with E-state index in [4.69, 9.17) is 9.47 Å². The van der Waals surface area contributed by atoms with Gasteiger partial charge in [-0.2, -0.15) is 0 Å². The SMILES string of the molecule is CCC(C)(C)C(=O)Oc1cccc2c(OCC(=O)OCC(C)(F)F)cccc12. The van der Waals surface area contributed by atoms with Gasteiger partial charge in [0.2, 0.25) is 0 Å². The Bertz CT molecular complexity index is 855. The van der Waals surface area contributed by atoms with Gasteiger partial charge < -0.3 is 14.2 Å². The monoisotopic (exact) mass is 394 g/mol. The van der Waals surface area contributed by atoms with Crippen LogP contribution in [0.15, 0.2) is 36.4 Å². The molecule has 0 atom stereocenters. The van der Waals surface area contributed by atoms with E-state index in [1.165, 1.54) is 0 Å². The maximum atomic E-state index is 12.8. The molecular weight excluding hydrogens is 370 g/mol. The summed E-state index contributed by atoms with van der Waals surface area (Å²) in [6.45, 7) is 4.67. The molecule has 0 aliphatic heterocycles. The van der Waals surface area contributed by atoms with E-state index in [1.807, 2.05) is 6.92 Å². The number of carbonyl (C=O) groups excluding carboxylic acids is 2. The molecule has 0 heterocycles. The fourth-order valence-electron chi connectivity index (χ4n) is 2.24. The van der Waals surface area contributed by atoms with Gasteiger partial charge in [0.05, 0.1) is 5.41 Å². The zero-order chi connectivity index (χ0) is 20.9. The van der Waals surface area contributed by atoms with Crippen LogP contribution in [0.25, 0.3) is 10.8 Å². The Morgan fingerprint density at radius 3 is 2.11 bits per heavy atom. The summed E-state index contributed by atoms with van der Waals surface area (Å²) >= 11 is 0. The summed E-state index contributed by atoms with van der Waals surface area (Å²) in [5.74, 6) is -3.61. The minimum atomic E-state index is -3.10. The third-order valence-electron chi connectivity index (χ3n) is 4.31. The summed E-state index contributed by atoms with van der Waals surface area (Å²) in [5, 5.41) is 1.25. The molecule has 0 amide bonds. The quantitative estimate of drug-likeness (QED) is 0.477. The van der Waals surface area contributed by atoms with E-state index in [0.29, 0.717) is 35.6 Å². The molecule has 5 nitrogen and oxygen atoms in total. The first-order valence-electron chi connectivity index (χ1n) is 8.94. The van der Waals surface area contributed by atoms with Crippen molar-refractivity contribution in [1.82, 2.24) is 0 Å². The van der Waals surface area contributed by atoms with Crippen molar-refractivity contribution in [3.8, 4) is 11.5 Å². The Morgan fingerprint density at radius 1 is 0.964 bits per heavy atom. The molecule has 152 valence electrons. The maximum absolute atomic E-state index is 12.8. The van der Waals surface area contributed by atoms with Gasteiger partial charge in [0.1, 0.15) is 11.5 Å². The zero-order valence-corrected chi connectivity index (χ0v) is 16.4. The summed E-state index contributed by atoms with van der Waals surface area (Å²) in [6.07, 6.45) is 0.629. The maximum Gasteiger partial charge on any atom is 0.344 e. The first-order chi connectivity index (χ1) is 13.0. The van der Waals surface area contributed by atoms with Crippen LogP contribution in [-0.4, -0.2) is 31.1 Å². The van der Waals surface area contributed by atoms with Gasteiger partial charge >= 0.3 is 11.9 Å². The Balaban J connectivity index is 2.17. The van der Waals surface area contributed by atoms with Gasteiger partial charge in [0.15, 0.2) is 13.2 Å². The Kier molecular flexibility index (Phi) is 6.59. The average molecular weight is 394 g/mol. The molecule has 0 spiro atoms. The summed E-state index contributed by atoms with van der Waals surface area (Å²) in [7, 11) is 0. The smallest absolute Gasteiger partial charge is 0.344 e. The molecule has 0 saturated carbocycles. The molecule has 0 aliphatic carbocycles. The van der Waals surface area contributed by atoms with Crippen molar-refractivity contribution in [1.29, 1.82) is 0 Å². The van der Waals surface area contributed by atoms with Crippen molar-refractivity contribution in [3.05, 3.63) is 36.4 Å². The highest BCUT2D eigenvalue weighted by Crippen LogP contribution is 2.34. The molecule has 0 fully saturated rings. The summed E-state index contributed by atoms with van der Waals surface area (Å²) in [5.41, 5.74) is -0.624. The highest BCUT2D eigenvalue weighted by atomic mass is 19.3. The Hall–Kier alpha value is -2.70. The molecule has 28 heavy (non-hydrogen) atoms. The summed E-state index contributed by atoms with van der Waals surface area (Å²) in [6, 6.07) is 10.2. The fraction of sp³-hybridized carbons (Fsp3) is 0.429. The molecule has 0 bridgehead atoms. The number of esters is 2. The van der Waals surface area contributed by atoms with E-state index in [9.17, 15) is 18.4 Å². The van der Waals surface area contributed by atoms with E-state index < -0.39 is 30.5 Å².